The van der Waals surface area contributed by atoms with Crippen LogP contribution in [-0.4, -0.2) is 21.3 Å². The van der Waals surface area contributed by atoms with Gasteiger partial charge in [0.2, 0.25) is 0 Å². The van der Waals surface area contributed by atoms with Gasteiger partial charge < -0.3 is 14.2 Å². The van der Waals surface area contributed by atoms with Gasteiger partial charge in [-0.3, -0.25) is 0 Å². The van der Waals surface area contributed by atoms with Crippen molar-refractivity contribution in [3.05, 3.63) is 35.4 Å². The SMILES string of the molecule is COCc1ccc(C(OC)OC)cc1. The Labute approximate surface area is 84.6 Å². The van der Waals surface area contributed by atoms with E-state index in [1.165, 1.54) is 0 Å². The first-order valence-corrected chi connectivity index (χ1v) is 4.45. The Balaban J connectivity index is 2.71. The van der Waals surface area contributed by atoms with Crippen LogP contribution in [-0.2, 0) is 20.8 Å². The van der Waals surface area contributed by atoms with Gasteiger partial charge in [0, 0.05) is 26.9 Å². The number of ether oxygens (including phenoxy) is 3. The molecule has 0 saturated carbocycles. The highest BCUT2D eigenvalue weighted by Crippen LogP contribution is 2.17. The lowest BCUT2D eigenvalue weighted by Crippen LogP contribution is -2.03. The van der Waals surface area contributed by atoms with Gasteiger partial charge in [-0.05, 0) is 5.56 Å². The third kappa shape index (κ3) is 2.80. The average Bonchev–Trinajstić information content (AvgIpc) is 2.23. The number of hydrogen-bond donors (Lipinski definition) is 0. The van der Waals surface area contributed by atoms with E-state index in [1.807, 2.05) is 24.3 Å². The maximum Gasteiger partial charge on any atom is 0.183 e. The van der Waals surface area contributed by atoms with Crippen LogP contribution in [0.15, 0.2) is 24.3 Å². The highest BCUT2D eigenvalue weighted by Gasteiger charge is 2.07. The van der Waals surface area contributed by atoms with Gasteiger partial charge in [0.05, 0.1) is 6.61 Å². The molecular weight excluding hydrogens is 180 g/mol. The summed E-state index contributed by atoms with van der Waals surface area (Å²) in [4.78, 5) is 0. The summed E-state index contributed by atoms with van der Waals surface area (Å²) < 4.78 is 15.3. The van der Waals surface area contributed by atoms with E-state index in [9.17, 15) is 0 Å². The van der Waals surface area contributed by atoms with Gasteiger partial charge >= 0.3 is 0 Å². The van der Waals surface area contributed by atoms with Crippen LogP contribution in [0.2, 0.25) is 0 Å². The molecule has 0 heterocycles. The second kappa shape index (κ2) is 5.75. The average molecular weight is 196 g/mol. The molecule has 14 heavy (non-hydrogen) atoms. The molecule has 1 rings (SSSR count). The summed E-state index contributed by atoms with van der Waals surface area (Å²) in [6.07, 6.45) is -0.286. The van der Waals surface area contributed by atoms with Crippen molar-refractivity contribution in [3.63, 3.8) is 0 Å². The third-order valence-electron chi connectivity index (χ3n) is 1.99. The van der Waals surface area contributed by atoms with Crippen molar-refractivity contribution in [2.75, 3.05) is 21.3 Å². The minimum absolute atomic E-state index is 0.286. The zero-order valence-electron chi connectivity index (χ0n) is 8.82. The van der Waals surface area contributed by atoms with Crippen molar-refractivity contribution in [2.24, 2.45) is 0 Å². The normalized spacial score (nSPS) is 10.9. The zero-order valence-corrected chi connectivity index (χ0v) is 8.82. The van der Waals surface area contributed by atoms with Crippen LogP contribution in [0.5, 0.6) is 0 Å². The number of rotatable bonds is 5. The van der Waals surface area contributed by atoms with Crippen molar-refractivity contribution in [1.29, 1.82) is 0 Å². The summed E-state index contributed by atoms with van der Waals surface area (Å²) in [5.74, 6) is 0. The molecule has 0 aromatic heterocycles. The number of hydrogen-bond acceptors (Lipinski definition) is 3. The van der Waals surface area contributed by atoms with E-state index in [0.29, 0.717) is 6.61 Å². The van der Waals surface area contributed by atoms with Crippen molar-refractivity contribution in [3.8, 4) is 0 Å². The summed E-state index contributed by atoms with van der Waals surface area (Å²) in [5, 5.41) is 0. The van der Waals surface area contributed by atoms with Crippen LogP contribution >= 0.6 is 0 Å². The fourth-order valence-corrected chi connectivity index (χ4v) is 1.31. The van der Waals surface area contributed by atoms with Gasteiger partial charge in [-0.15, -0.1) is 0 Å². The molecule has 0 atom stereocenters. The van der Waals surface area contributed by atoms with Crippen LogP contribution in [0.1, 0.15) is 17.4 Å². The van der Waals surface area contributed by atoms with E-state index >= 15 is 0 Å². The topological polar surface area (TPSA) is 27.7 Å². The van der Waals surface area contributed by atoms with Crippen LogP contribution in [0.25, 0.3) is 0 Å². The Morgan fingerprint density at radius 2 is 1.57 bits per heavy atom. The van der Waals surface area contributed by atoms with Gasteiger partial charge in [-0.2, -0.15) is 0 Å². The van der Waals surface area contributed by atoms with E-state index in [4.69, 9.17) is 14.2 Å². The molecule has 78 valence electrons. The molecule has 0 aliphatic carbocycles. The van der Waals surface area contributed by atoms with E-state index in [1.54, 1.807) is 21.3 Å². The quantitative estimate of drug-likeness (QED) is 0.675. The second-order valence-electron chi connectivity index (χ2n) is 2.98. The summed E-state index contributed by atoms with van der Waals surface area (Å²) in [6, 6.07) is 7.96. The first-order valence-electron chi connectivity index (χ1n) is 4.45. The molecule has 0 saturated heterocycles. The highest BCUT2D eigenvalue weighted by molar-refractivity contribution is 5.22. The molecule has 1 aromatic carbocycles. The van der Waals surface area contributed by atoms with E-state index in [2.05, 4.69) is 0 Å². The lowest BCUT2D eigenvalue weighted by molar-refractivity contribution is -0.106. The van der Waals surface area contributed by atoms with Crippen LogP contribution < -0.4 is 0 Å². The largest absolute Gasteiger partial charge is 0.380 e. The fraction of sp³-hybridized carbons (Fsp3) is 0.455. The molecule has 0 aliphatic rings. The Kier molecular flexibility index (Phi) is 4.59. The predicted octanol–water partition coefficient (Wildman–Crippen LogP) is 2.12. The summed E-state index contributed by atoms with van der Waals surface area (Å²) >= 11 is 0. The fourth-order valence-electron chi connectivity index (χ4n) is 1.31. The summed E-state index contributed by atoms with van der Waals surface area (Å²) in [5.41, 5.74) is 2.15. The maximum atomic E-state index is 5.13. The molecule has 0 radical (unpaired) electrons. The molecule has 3 heteroatoms. The Morgan fingerprint density at radius 1 is 1.00 bits per heavy atom. The highest BCUT2D eigenvalue weighted by atomic mass is 16.7. The standard InChI is InChI=1S/C11H16O3/c1-12-8-9-4-6-10(7-5-9)11(13-2)14-3/h4-7,11H,8H2,1-3H3. The first kappa shape index (κ1) is 11.2. The number of benzene rings is 1. The zero-order chi connectivity index (χ0) is 10.4. The van der Waals surface area contributed by atoms with Gasteiger partial charge in [0.15, 0.2) is 6.29 Å². The summed E-state index contributed by atoms with van der Waals surface area (Å²) in [7, 11) is 4.93. The van der Waals surface area contributed by atoms with Gasteiger partial charge in [-0.1, -0.05) is 24.3 Å². The Bertz CT molecular complexity index is 252. The molecule has 0 spiro atoms. The van der Waals surface area contributed by atoms with E-state index in [-0.39, 0.29) is 6.29 Å². The van der Waals surface area contributed by atoms with Crippen LogP contribution in [0.3, 0.4) is 0 Å². The minimum atomic E-state index is -0.286. The monoisotopic (exact) mass is 196 g/mol. The van der Waals surface area contributed by atoms with Gasteiger partial charge in [-0.25, -0.2) is 0 Å². The van der Waals surface area contributed by atoms with Crippen molar-refractivity contribution in [1.82, 2.24) is 0 Å². The number of methoxy groups -OCH3 is 3. The minimum Gasteiger partial charge on any atom is -0.380 e. The molecule has 0 bridgehead atoms. The third-order valence-corrected chi connectivity index (χ3v) is 1.99. The Morgan fingerprint density at radius 3 is 2.00 bits per heavy atom. The molecule has 0 N–H and O–H groups in total. The molecule has 1 aromatic rings. The van der Waals surface area contributed by atoms with Crippen molar-refractivity contribution in [2.45, 2.75) is 12.9 Å². The van der Waals surface area contributed by atoms with Crippen LogP contribution in [0.4, 0.5) is 0 Å². The second-order valence-corrected chi connectivity index (χ2v) is 2.98. The first-order chi connectivity index (χ1) is 6.81. The van der Waals surface area contributed by atoms with Gasteiger partial charge in [0.1, 0.15) is 0 Å². The smallest absolute Gasteiger partial charge is 0.183 e. The van der Waals surface area contributed by atoms with Crippen molar-refractivity contribution >= 4 is 0 Å². The molecular formula is C11H16O3. The van der Waals surface area contributed by atoms with E-state index < -0.39 is 0 Å². The van der Waals surface area contributed by atoms with Gasteiger partial charge in [0.25, 0.3) is 0 Å². The summed E-state index contributed by atoms with van der Waals surface area (Å²) in [6.45, 7) is 0.630. The van der Waals surface area contributed by atoms with Crippen molar-refractivity contribution < 1.29 is 14.2 Å². The van der Waals surface area contributed by atoms with Crippen LogP contribution in [0, 0.1) is 0 Å². The lowest BCUT2D eigenvalue weighted by atomic mass is 10.1. The maximum absolute atomic E-state index is 5.13. The van der Waals surface area contributed by atoms with E-state index in [0.717, 1.165) is 11.1 Å². The molecule has 0 fully saturated rings. The molecule has 0 aliphatic heterocycles. The Hall–Kier alpha value is -0.900. The molecule has 3 nitrogen and oxygen atoms in total. The predicted molar refractivity (Wildman–Crippen MR) is 53.9 cm³/mol. The molecule has 0 unspecified atom stereocenters. The lowest BCUT2D eigenvalue weighted by Gasteiger charge is -2.13. The molecule has 0 amide bonds.